The molecule has 74 valence electrons. The van der Waals surface area contributed by atoms with Gasteiger partial charge in [0.2, 0.25) is 0 Å². The Bertz CT molecular complexity index is 257. The van der Waals surface area contributed by atoms with Gasteiger partial charge in [-0.05, 0) is 46.6 Å². The summed E-state index contributed by atoms with van der Waals surface area (Å²) in [6.07, 6.45) is 2.53. The van der Waals surface area contributed by atoms with Crippen molar-refractivity contribution in [3.63, 3.8) is 0 Å². The fourth-order valence-electron chi connectivity index (χ4n) is 0.994. The largest absolute Gasteiger partial charge is 0.330 e. The lowest BCUT2D eigenvalue weighted by atomic mass is 10.1. The molecule has 1 atom stereocenters. The van der Waals surface area contributed by atoms with Gasteiger partial charge in [-0.2, -0.15) is 0 Å². The molecule has 4 N–H and O–H groups in total. The molecular weight excluding hydrogens is 253 g/mol. The van der Waals surface area contributed by atoms with E-state index in [-0.39, 0.29) is 18.4 Å². The first-order chi connectivity index (χ1) is 5.74. The van der Waals surface area contributed by atoms with Crippen molar-refractivity contribution in [3.8, 4) is 0 Å². The minimum Gasteiger partial charge on any atom is -0.330 e. The third-order valence-electron chi connectivity index (χ3n) is 1.66. The fourth-order valence-corrected chi connectivity index (χ4v) is 1.38. The zero-order chi connectivity index (χ0) is 8.97. The fraction of sp³-hybridized carbons (Fsp3) is 0.375. The summed E-state index contributed by atoms with van der Waals surface area (Å²) in [5.74, 6) is 0. The first-order valence-corrected chi connectivity index (χ1v) is 4.60. The minimum absolute atomic E-state index is 0. The smallest absolute Gasteiger partial charge is 0.106 e. The Hall–Kier alpha value is -0.160. The molecule has 0 aromatic carbocycles. The van der Waals surface area contributed by atoms with E-state index in [1.165, 1.54) is 0 Å². The van der Waals surface area contributed by atoms with E-state index in [0.29, 0.717) is 6.54 Å². The molecule has 0 bridgehead atoms. The molecular formula is C8H13BrClN3. The highest BCUT2D eigenvalue weighted by Crippen LogP contribution is 2.15. The highest BCUT2D eigenvalue weighted by Gasteiger charge is 2.04. The standard InChI is InChI=1S/C8H12BrN3.ClH/c9-8-5-6(2-4-12-8)7(11)1-3-10;/h2,4-5,7H,1,3,10-11H2;1H/t7-;/m1./s1. The topological polar surface area (TPSA) is 64.9 Å². The van der Waals surface area contributed by atoms with Gasteiger partial charge in [-0.15, -0.1) is 12.4 Å². The zero-order valence-electron chi connectivity index (χ0n) is 7.11. The summed E-state index contributed by atoms with van der Waals surface area (Å²) in [6.45, 7) is 0.612. The van der Waals surface area contributed by atoms with Crippen molar-refractivity contribution in [2.24, 2.45) is 11.5 Å². The molecule has 0 spiro atoms. The van der Waals surface area contributed by atoms with E-state index in [2.05, 4.69) is 20.9 Å². The number of nitrogens with two attached hydrogens (primary N) is 2. The molecule has 0 amide bonds. The summed E-state index contributed by atoms with van der Waals surface area (Å²) < 4.78 is 0.812. The van der Waals surface area contributed by atoms with Gasteiger partial charge in [0.15, 0.2) is 0 Å². The molecule has 0 aliphatic carbocycles. The van der Waals surface area contributed by atoms with Gasteiger partial charge in [-0.3, -0.25) is 0 Å². The summed E-state index contributed by atoms with van der Waals surface area (Å²) in [6, 6.07) is 3.85. The van der Waals surface area contributed by atoms with Gasteiger partial charge in [-0.1, -0.05) is 0 Å². The lowest BCUT2D eigenvalue weighted by Crippen LogP contribution is -2.15. The molecule has 0 unspecified atom stereocenters. The monoisotopic (exact) mass is 265 g/mol. The summed E-state index contributed by atoms with van der Waals surface area (Å²) in [5.41, 5.74) is 12.3. The number of hydrogen-bond donors (Lipinski definition) is 2. The van der Waals surface area contributed by atoms with E-state index < -0.39 is 0 Å². The van der Waals surface area contributed by atoms with Crippen LogP contribution < -0.4 is 11.5 Å². The highest BCUT2D eigenvalue weighted by atomic mass is 79.9. The van der Waals surface area contributed by atoms with Gasteiger partial charge in [0, 0.05) is 12.2 Å². The van der Waals surface area contributed by atoms with Crippen LogP contribution in [0.5, 0.6) is 0 Å². The number of nitrogens with zero attached hydrogens (tertiary/aromatic N) is 1. The molecule has 3 nitrogen and oxygen atoms in total. The van der Waals surface area contributed by atoms with E-state index in [0.717, 1.165) is 16.6 Å². The van der Waals surface area contributed by atoms with E-state index in [1.54, 1.807) is 6.20 Å². The first-order valence-electron chi connectivity index (χ1n) is 3.81. The first kappa shape index (κ1) is 12.8. The molecule has 0 aliphatic rings. The Morgan fingerprint density at radius 2 is 2.23 bits per heavy atom. The summed E-state index contributed by atoms with van der Waals surface area (Å²) in [5, 5.41) is 0. The molecule has 1 heterocycles. The Balaban J connectivity index is 0.00000144. The van der Waals surface area contributed by atoms with Gasteiger partial charge in [0.05, 0.1) is 0 Å². The van der Waals surface area contributed by atoms with E-state index in [9.17, 15) is 0 Å². The third kappa shape index (κ3) is 4.04. The lowest BCUT2D eigenvalue weighted by Gasteiger charge is -2.09. The average molecular weight is 267 g/mol. The number of aromatic nitrogens is 1. The normalized spacial score (nSPS) is 11.9. The van der Waals surface area contributed by atoms with Crippen molar-refractivity contribution in [1.29, 1.82) is 0 Å². The number of hydrogen-bond acceptors (Lipinski definition) is 3. The average Bonchev–Trinajstić information content (AvgIpc) is 2.05. The predicted octanol–water partition coefficient (Wildman–Crippen LogP) is 1.61. The van der Waals surface area contributed by atoms with Crippen LogP contribution in [-0.2, 0) is 0 Å². The summed E-state index contributed by atoms with van der Waals surface area (Å²) >= 11 is 3.28. The maximum absolute atomic E-state index is 5.85. The van der Waals surface area contributed by atoms with Crippen molar-refractivity contribution in [2.75, 3.05) is 6.54 Å². The van der Waals surface area contributed by atoms with E-state index >= 15 is 0 Å². The van der Waals surface area contributed by atoms with Crippen LogP contribution in [0, 0.1) is 0 Å². The Labute approximate surface area is 92.4 Å². The summed E-state index contributed by atoms with van der Waals surface area (Å²) in [7, 11) is 0. The van der Waals surface area contributed by atoms with Crippen molar-refractivity contribution in [3.05, 3.63) is 28.5 Å². The molecule has 0 radical (unpaired) electrons. The van der Waals surface area contributed by atoms with Crippen LogP contribution in [-0.4, -0.2) is 11.5 Å². The second-order valence-corrected chi connectivity index (χ2v) is 3.41. The Morgan fingerprint density at radius 3 is 2.77 bits per heavy atom. The SMILES string of the molecule is Cl.NCC[C@@H](N)c1ccnc(Br)c1. The molecule has 0 aliphatic heterocycles. The van der Waals surface area contributed by atoms with Crippen molar-refractivity contribution >= 4 is 28.3 Å². The third-order valence-corrected chi connectivity index (χ3v) is 2.09. The van der Waals surface area contributed by atoms with Gasteiger partial charge in [0.1, 0.15) is 4.60 Å². The van der Waals surface area contributed by atoms with Gasteiger partial charge in [0.25, 0.3) is 0 Å². The maximum Gasteiger partial charge on any atom is 0.106 e. The van der Waals surface area contributed by atoms with Crippen LogP contribution in [0.3, 0.4) is 0 Å². The maximum atomic E-state index is 5.85. The number of halogens is 2. The van der Waals surface area contributed by atoms with Crippen LogP contribution in [0.4, 0.5) is 0 Å². The van der Waals surface area contributed by atoms with Crippen LogP contribution >= 0.6 is 28.3 Å². The van der Waals surface area contributed by atoms with Crippen molar-refractivity contribution in [2.45, 2.75) is 12.5 Å². The molecule has 0 saturated carbocycles. The molecule has 13 heavy (non-hydrogen) atoms. The predicted molar refractivity (Wildman–Crippen MR) is 59.8 cm³/mol. The van der Waals surface area contributed by atoms with Crippen molar-refractivity contribution < 1.29 is 0 Å². The van der Waals surface area contributed by atoms with E-state index in [1.807, 2.05) is 12.1 Å². The van der Waals surface area contributed by atoms with E-state index in [4.69, 9.17) is 11.5 Å². The lowest BCUT2D eigenvalue weighted by molar-refractivity contribution is 0.660. The van der Waals surface area contributed by atoms with Crippen LogP contribution in [0.15, 0.2) is 22.9 Å². The Kier molecular flexibility index (Phi) is 6.24. The molecule has 1 aromatic rings. The molecule has 1 aromatic heterocycles. The molecule has 5 heteroatoms. The van der Waals surface area contributed by atoms with Crippen molar-refractivity contribution in [1.82, 2.24) is 4.98 Å². The minimum atomic E-state index is 0. The number of rotatable bonds is 3. The van der Waals surface area contributed by atoms with Crippen LogP contribution in [0.25, 0.3) is 0 Å². The van der Waals surface area contributed by atoms with Crippen LogP contribution in [0.1, 0.15) is 18.0 Å². The second-order valence-electron chi connectivity index (χ2n) is 2.60. The molecule has 0 saturated heterocycles. The zero-order valence-corrected chi connectivity index (χ0v) is 9.51. The highest BCUT2D eigenvalue weighted by molar-refractivity contribution is 9.10. The molecule has 0 fully saturated rings. The van der Waals surface area contributed by atoms with Crippen LogP contribution in [0.2, 0.25) is 0 Å². The molecule has 1 rings (SSSR count). The summed E-state index contributed by atoms with van der Waals surface area (Å²) in [4.78, 5) is 4.01. The quantitative estimate of drug-likeness (QED) is 0.817. The van der Waals surface area contributed by atoms with Gasteiger partial charge >= 0.3 is 0 Å². The number of pyridine rings is 1. The second kappa shape index (κ2) is 6.32. The van der Waals surface area contributed by atoms with Gasteiger partial charge in [-0.25, -0.2) is 4.98 Å². The Morgan fingerprint density at radius 1 is 1.54 bits per heavy atom. The van der Waals surface area contributed by atoms with Gasteiger partial charge < -0.3 is 11.5 Å².